The Morgan fingerprint density at radius 3 is 2.52 bits per heavy atom. The SMILES string of the molecule is Cc1cc(C(=O)O)ccc1-n1c(C)cc(C=NOCc2ccccc2)c1C. The summed E-state index contributed by atoms with van der Waals surface area (Å²) in [4.78, 5) is 16.5. The van der Waals surface area contributed by atoms with Crippen LogP contribution in [0, 0.1) is 20.8 Å². The number of nitrogens with zero attached hydrogens (tertiary/aromatic N) is 2. The van der Waals surface area contributed by atoms with E-state index in [4.69, 9.17) is 9.94 Å². The van der Waals surface area contributed by atoms with E-state index in [1.54, 1.807) is 18.3 Å². The molecule has 1 aromatic heterocycles. The fourth-order valence-corrected chi connectivity index (χ4v) is 3.11. The van der Waals surface area contributed by atoms with Crippen LogP contribution < -0.4 is 0 Å². The monoisotopic (exact) mass is 362 g/mol. The third-order valence-electron chi connectivity index (χ3n) is 4.50. The molecule has 0 amide bonds. The topological polar surface area (TPSA) is 63.8 Å². The summed E-state index contributed by atoms with van der Waals surface area (Å²) in [6.45, 7) is 6.36. The lowest BCUT2D eigenvalue weighted by Crippen LogP contribution is -2.04. The van der Waals surface area contributed by atoms with Crippen LogP contribution >= 0.6 is 0 Å². The van der Waals surface area contributed by atoms with Gasteiger partial charge in [-0.2, -0.15) is 0 Å². The Hall–Kier alpha value is -3.34. The molecule has 0 unspecified atom stereocenters. The van der Waals surface area contributed by atoms with E-state index in [9.17, 15) is 4.79 Å². The fraction of sp³-hybridized carbons (Fsp3) is 0.182. The number of oxime groups is 1. The molecule has 1 heterocycles. The lowest BCUT2D eigenvalue weighted by atomic mass is 10.1. The standard InChI is InChI=1S/C22H22N2O3/c1-15-11-19(22(25)26)9-10-21(15)24-16(2)12-20(17(24)3)13-23-27-14-18-7-5-4-6-8-18/h4-13H,14H2,1-3H3,(H,25,26). The summed E-state index contributed by atoms with van der Waals surface area (Å²) in [7, 11) is 0. The molecular weight excluding hydrogens is 340 g/mol. The third-order valence-corrected chi connectivity index (χ3v) is 4.50. The average molecular weight is 362 g/mol. The van der Waals surface area contributed by atoms with Gasteiger partial charge in [-0.15, -0.1) is 0 Å². The van der Waals surface area contributed by atoms with Gasteiger partial charge in [-0.1, -0.05) is 35.5 Å². The van der Waals surface area contributed by atoms with Crippen LogP contribution in [0.3, 0.4) is 0 Å². The van der Waals surface area contributed by atoms with Gasteiger partial charge in [0.2, 0.25) is 0 Å². The first-order chi connectivity index (χ1) is 13.0. The lowest BCUT2D eigenvalue weighted by Gasteiger charge is -2.13. The Kier molecular flexibility index (Phi) is 5.41. The predicted octanol–water partition coefficient (Wildman–Crippen LogP) is 4.65. The molecule has 3 aromatic rings. The van der Waals surface area contributed by atoms with Crippen LogP contribution in [0.1, 0.15) is 38.4 Å². The predicted molar refractivity (Wildman–Crippen MR) is 106 cm³/mol. The Morgan fingerprint density at radius 2 is 1.85 bits per heavy atom. The highest BCUT2D eigenvalue weighted by atomic mass is 16.6. The number of aromatic carboxylic acids is 1. The van der Waals surface area contributed by atoms with Crippen molar-refractivity contribution in [3.63, 3.8) is 0 Å². The van der Waals surface area contributed by atoms with E-state index in [1.807, 2.05) is 63.2 Å². The maximum Gasteiger partial charge on any atom is 0.335 e. The smallest absolute Gasteiger partial charge is 0.335 e. The second-order valence-electron chi connectivity index (χ2n) is 6.46. The Labute approximate surface area is 158 Å². The maximum absolute atomic E-state index is 11.2. The van der Waals surface area contributed by atoms with E-state index < -0.39 is 5.97 Å². The molecule has 0 radical (unpaired) electrons. The van der Waals surface area contributed by atoms with E-state index in [0.29, 0.717) is 6.61 Å². The van der Waals surface area contributed by atoms with E-state index in [1.165, 1.54) is 0 Å². The van der Waals surface area contributed by atoms with Crippen molar-refractivity contribution >= 4 is 12.2 Å². The number of rotatable bonds is 6. The van der Waals surface area contributed by atoms with Gasteiger partial charge >= 0.3 is 5.97 Å². The normalized spacial score (nSPS) is 11.1. The van der Waals surface area contributed by atoms with Gasteiger partial charge in [0, 0.05) is 22.6 Å². The van der Waals surface area contributed by atoms with Crippen LogP contribution in [0.15, 0.2) is 59.8 Å². The maximum atomic E-state index is 11.2. The molecule has 5 heteroatoms. The van der Waals surface area contributed by atoms with Gasteiger partial charge in [-0.25, -0.2) is 4.79 Å². The zero-order valence-electron chi connectivity index (χ0n) is 15.6. The second kappa shape index (κ2) is 7.91. The van der Waals surface area contributed by atoms with Crippen molar-refractivity contribution in [2.24, 2.45) is 5.16 Å². The quantitative estimate of drug-likeness (QED) is 0.513. The molecular formula is C22H22N2O3. The summed E-state index contributed by atoms with van der Waals surface area (Å²) >= 11 is 0. The summed E-state index contributed by atoms with van der Waals surface area (Å²) in [5.41, 5.74) is 6.24. The molecule has 138 valence electrons. The highest BCUT2D eigenvalue weighted by molar-refractivity contribution is 5.88. The first-order valence-corrected chi connectivity index (χ1v) is 8.70. The molecule has 0 aliphatic carbocycles. The Balaban J connectivity index is 1.80. The Morgan fingerprint density at radius 1 is 1.11 bits per heavy atom. The van der Waals surface area contributed by atoms with Gasteiger partial charge in [0.05, 0.1) is 11.8 Å². The van der Waals surface area contributed by atoms with E-state index in [2.05, 4.69) is 9.72 Å². The molecule has 0 aliphatic heterocycles. The highest BCUT2D eigenvalue weighted by Crippen LogP contribution is 2.23. The van der Waals surface area contributed by atoms with Crippen molar-refractivity contribution in [3.8, 4) is 5.69 Å². The number of carbonyl (C=O) groups is 1. The van der Waals surface area contributed by atoms with Gasteiger partial charge in [-0.3, -0.25) is 0 Å². The van der Waals surface area contributed by atoms with Gasteiger partial charge in [0.1, 0.15) is 6.61 Å². The number of carboxylic acid groups (broad SMARTS) is 1. The zero-order chi connectivity index (χ0) is 19.4. The number of aromatic nitrogens is 1. The summed E-state index contributed by atoms with van der Waals surface area (Å²) in [6, 6.07) is 17.1. The molecule has 0 atom stereocenters. The molecule has 0 saturated heterocycles. The van der Waals surface area contributed by atoms with Crippen LogP contribution in [0.25, 0.3) is 5.69 Å². The second-order valence-corrected chi connectivity index (χ2v) is 6.46. The van der Waals surface area contributed by atoms with Crippen LogP contribution in [0.4, 0.5) is 0 Å². The number of benzene rings is 2. The van der Waals surface area contributed by atoms with Gasteiger partial charge in [-0.05, 0) is 56.2 Å². The Bertz CT molecular complexity index is 988. The summed E-state index contributed by atoms with van der Waals surface area (Å²) in [5, 5.41) is 13.2. The third kappa shape index (κ3) is 4.08. The largest absolute Gasteiger partial charge is 0.478 e. The van der Waals surface area contributed by atoms with Crippen molar-refractivity contribution in [2.75, 3.05) is 0 Å². The number of aryl methyl sites for hydroxylation is 2. The molecule has 1 N–H and O–H groups in total. The molecule has 27 heavy (non-hydrogen) atoms. The molecule has 0 fully saturated rings. The number of carboxylic acids is 1. The van der Waals surface area contributed by atoms with Crippen molar-refractivity contribution in [1.82, 2.24) is 4.57 Å². The molecule has 0 aliphatic rings. The van der Waals surface area contributed by atoms with E-state index in [-0.39, 0.29) is 5.56 Å². The van der Waals surface area contributed by atoms with Gasteiger partial charge in [0.25, 0.3) is 0 Å². The minimum Gasteiger partial charge on any atom is -0.478 e. The van der Waals surface area contributed by atoms with Crippen molar-refractivity contribution in [3.05, 3.63) is 88.2 Å². The van der Waals surface area contributed by atoms with Crippen LogP contribution in [0.2, 0.25) is 0 Å². The minimum absolute atomic E-state index is 0.287. The van der Waals surface area contributed by atoms with E-state index >= 15 is 0 Å². The van der Waals surface area contributed by atoms with Gasteiger partial charge < -0.3 is 14.5 Å². The molecule has 3 rings (SSSR count). The van der Waals surface area contributed by atoms with Crippen LogP contribution in [-0.2, 0) is 11.4 Å². The van der Waals surface area contributed by atoms with Crippen molar-refractivity contribution < 1.29 is 14.7 Å². The first-order valence-electron chi connectivity index (χ1n) is 8.70. The van der Waals surface area contributed by atoms with Crippen molar-refractivity contribution in [1.29, 1.82) is 0 Å². The average Bonchev–Trinajstić information content (AvgIpc) is 2.93. The molecule has 2 aromatic carbocycles. The summed E-state index contributed by atoms with van der Waals surface area (Å²) in [5.74, 6) is -0.922. The number of hydrogen-bond donors (Lipinski definition) is 1. The molecule has 0 spiro atoms. The zero-order valence-corrected chi connectivity index (χ0v) is 15.6. The molecule has 5 nitrogen and oxygen atoms in total. The highest BCUT2D eigenvalue weighted by Gasteiger charge is 2.13. The molecule has 0 saturated carbocycles. The lowest BCUT2D eigenvalue weighted by molar-refractivity contribution is 0.0697. The van der Waals surface area contributed by atoms with Crippen LogP contribution in [0.5, 0.6) is 0 Å². The van der Waals surface area contributed by atoms with E-state index in [0.717, 1.165) is 33.8 Å². The van der Waals surface area contributed by atoms with Crippen molar-refractivity contribution in [2.45, 2.75) is 27.4 Å². The summed E-state index contributed by atoms with van der Waals surface area (Å²) < 4.78 is 2.10. The number of hydrogen-bond acceptors (Lipinski definition) is 3. The fourth-order valence-electron chi connectivity index (χ4n) is 3.11. The summed E-state index contributed by atoms with van der Waals surface area (Å²) in [6.07, 6.45) is 1.71. The van der Waals surface area contributed by atoms with Crippen LogP contribution in [-0.4, -0.2) is 21.9 Å². The molecule has 0 bridgehead atoms. The minimum atomic E-state index is -0.922. The first kappa shape index (κ1) is 18.5. The van der Waals surface area contributed by atoms with Gasteiger partial charge in [0.15, 0.2) is 0 Å².